The summed E-state index contributed by atoms with van der Waals surface area (Å²) in [6.07, 6.45) is -8.53. The van der Waals surface area contributed by atoms with Gasteiger partial charge in [-0.1, -0.05) is 19.1 Å². The minimum absolute atomic E-state index is 0.0960. The van der Waals surface area contributed by atoms with Crippen LogP contribution in [0.15, 0.2) is 24.3 Å². The Labute approximate surface area is 180 Å². The van der Waals surface area contributed by atoms with Crippen LogP contribution in [0, 0.1) is 5.92 Å². The van der Waals surface area contributed by atoms with Crippen molar-refractivity contribution in [3.8, 4) is 5.75 Å². The molecule has 2 aliphatic heterocycles. The first-order valence-corrected chi connectivity index (χ1v) is 10.3. The normalized spacial score (nSPS) is 41.2. The van der Waals surface area contributed by atoms with Gasteiger partial charge in [-0.2, -0.15) is 0 Å². The molecule has 1 aromatic rings. The van der Waals surface area contributed by atoms with Gasteiger partial charge in [0.05, 0.1) is 31.5 Å². The van der Waals surface area contributed by atoms with Crippen LogP contribution in [-0.2, 0) is 25.6 Å². The molecule has 1 aromatic carbocycles. The fourth-order valence-corrected chi connectivity index (χ4v) is 3.77. The summed E-state index contributed by atoms with van der Waals surface area (Å²) in [6, 6.07) is 6.79. The standard InChI is InChI=1S/C21H32O10/c1-10-14(8-22)31-20(17(25)15(10)23)28-9-12-4-6-13(7-5-12)30-21-18(26)19(27-3)16(24)11(2)29-21/h4-7,10-11,14-26H,8-9H2,1-3H3/t10-,11?,14?,15?,16-,17?,18?,19?,20?,21+/m1/s1. The van der Waals surface area contributed by atoms with E-state index in [1.54, 1.807) is 38.1 Å². The maximum Gasteiger partial charge on any atom is 0.229 e. The molecule has 0 aromatic heterocycles. The van der Waals surface area contributed by atoms with Crippen LogP contribution in [0.4, 0.5) is 0 Å². The smallest absolute Gasteiger partial charge is 0.229 e. The Kier molecular flexibility index (Phi) is 8.25. The maximum atomic E-state index is 10.3. The van der Waals surface area contributed by atoms with E-state index in [0.717, 1.165) is 5.56 Å². The number of hydrogen-bond donors (Lipinski definition) is 5. The Hall–Kier alpha value is -1.34. The number of ether oxygens (including phenoxy) is 5. The molecule has 2 saturated heterocycles. The van der Waals surface area contributed by atoms with E-state index >= 15 is 0 Å². The summed E-state index contributed by atoms with van der Waals surface area (Å²) < 4.78 is 27.6. The van der Waals surface area contributed by atoms with Crippen LogP contribution in [0.2, 0.25) is 0 Å². The Morgan fingerprint density at radius 3 is 2.16 bits per heavy atom. The van der Waals surface area contributed by atoms with Gasteiger partial charge in [-0.3, -0.25) is 0 Å². The van der Waals surface area contributed by atoms with E-state index in [1.807, 2.05) is 0 Å². The average molecular weight is 444 g/mol. The van der Waals surface area contributed by atoms with Crippen molar-refractivity contribution in [2.45, 2.75) is 75.8 Å². The van der Waals surface area contributed by atoms with E-state index in [-0.39, 0.29) is 13.2 Å². The summed E-state index contributed by atoms with van der Waals surface area (Å²) in [6.45, 7) is 3.16. The first-order chi connectivity index (χ1) is 14.8. The summed E-state index contributed by atoms with van der Waals surface area (Å²) in [5.74, 6) is 0.0139. The highest BCUT2D eigenvalue weighted by Crippen LogP contribution is 2.28. The van der Waals surface area contributed by atoms with Crippen LogP contribution in [0.1, 0.15) is 19.4 Å². The molecule has 0 spiro atoms. The Morgan fingerprint density at radius 2 is 1.55 bits per heavy atom. The number of rotatable bonds is 7. The summed E-state index contributed by atoms with van der Waals surface area (Å²) in [4.78, 5) is 0. The molecular weight excluding hydrogens is 412 g/mol. The first kappa shape index (κ1) is 24.3. The monoisotopic (exact) mass is 444 g/mol. The second-order valence-corrected chi connectivity index (χ2v) is 8.03. The molecule has 10 heteroatoms. The summed E-state index contributed by atoms with van der Waals surface area (Å²) in [5.41, 5.74) is 0.750. The molecule has 0 saturated carbocycles. The van der Waals surface area contributed by atoms with Crippen molar-refractivity contribution < 1.29 is 49.2 Å². The molecule has 10 nitrogen and oxygen atoms in total. The molecule has 0 bridgehead atoms. The zero-order valence-corrected chi connectivity index (χ0v) is 17.8. The molecule has 7 unspecified atom stereocenters. The highest BCUT2D eigenvalue weighted by atomic mass is 16.7. The first-order valence-electron chi connectivity index (χ1n) is 10.3. The molecule has 0 aliphatic carbocycles. The molecule has 5 N–H and O–H groups in total. The van der Waals surface area contributed by atoms with Crippen LogP contribution in [0.5, 0.6) is 5.75 Å². The largest absolute Gasteiger partial charge is 0.462 e. The maximum absolute atomic E-state index is 10.3. The van der Waals surface area contributed by atoms with E-state index in [0.29, 0.717) is 5.75 Å². The minimum Gasteiger partial charge on any atom is -0.462 e. The highest BCUT2D eigenvalue weighted by Gasteiger charge is 2.44. The SMILES string of the molecule is COC1C(O)[C@H](Oc2ccc(COC3OC(CO)[C@@H](C)C(O)C3O)cc2)OC(C)[C@H]1O. The average Bonchev–Trinajstić information content (AvgIpc) is 2.77. The number of benzene rings is 1. The summed E-state index contributed by atoms with van der Waals surface area (Å²) in [7, 11) is 1.40. The lowest BCUT2D eigenvalue weighted by atomic mass is 9.91. The summed E-state index contributed by atoms with van der Waals surface area (Å²) >= 11 is 0. The van der Waals surface area contributed by atoms with Crippen LogP contribution in [-0.4, -0.2) is 94.6 Å². The molecule has 10 atom stereocenters. The zero-order chi connectivity index (χ0) is 22.7. The Bertz CT molecular complexity index is 683. The van der Waals surface area contributed by atoms with E-state index in [9.17, 15) is 25.5 Å². The lowest BCUT2D eigenvalue weighted by Gasteiger charge is -2.40. The topological polar surface area (TPSA) is 147 Å². The fourth-order valence-electron chi connectivity index (χ4n) is 3.77. The number of aliphatic hydroxyl groups is 5. The molecule has 176 valence electrons. The minimum atomic E-state index is -1.23. The molecule has 0 amide bonds. The van der Waals surface area contributed by atoms with Gasteiger partial charge >= 0.3 is 0 Å². The Balaban J connectivity index is 1.56. The van der Waals surface area contributed by atoms with Crippen LogP contribution in [0.3, 0.4) is 0 Å². The quantitative estimate of drug-likeness (QED) is 0.360. The zero-order valence-electron chi connectivity index (χ0n) is 17.8. The van der Waals surface area contributed by atoms with Crippen molar-refractivity contribution in [3.63, 3.8) is 0 Å². The van der Waals surface area contributed by atoms with Gasteiger partial charge < -0.3 is 49.2 Å². The van der Waals surface area contributed by atoms with Gasteiger partial charge in [0.25, 0.3) is 0 Å². The van der Waals surface area contributed by atoms with Crippen LogP contribution < -0.4 is 4.74 Å². The van der Waals surface area contributed by atoms with E-state index in [1.165, 1.54) is 7.11 Å². The molecule has 0 radical (unpaired) electrons. The van der Waals surface area contributed by atoms with Crippen LogP contribution in [0.25, 0.3) is 0 Å². The molecule has 3 rings (SSSR count). The third-order valence-electron chi connectivity index (χ3n) is 5.89. The second-order valence-electron chi connectivity index (χ2n) is 8.03. The van der Waals surface area contributed by atoms with Gasteiger partial charge in [-0.25, -0.2) is 0 Å². The lowest BCUT2D eigenvalue weighted by molar-refractivity contribution is -0.291. The van der Waals surface area contributed by atoms with Gasteiger partial charge in [0.2, 0.25) is 6.29 Å². The van der Waals surface area contributed by atoms with Crippen molar-refractivity contribution in [1.29, 1.82) is 0 Å². The molecular formula is C21H32O10. The number of methoxy groups -OCH3 is 1. The van der Waals surface area contributed by atoms with Gasteiger partial charge in [0.15, 0.2) is 6.29 Å². The van der Waals surface area contributed by atoms with Gasteiger partial charge in [-0.15, -0.1) is 0 Å². The Morgan fingerprint density at radius 1 is 0.871 bits per heavy atom. The second kappa shape index (κ2) is 10.5. The molecule has 2 aliphatic rings. The van der Waals surface area contributed by atoms with Crippen molar-refractivity contribution in [2.24, 2.45) is 5.92 Å². The van der Waals surface area contributed by atoms with Crippen molar-refractivity contribution >= 4 is 0 Å². The van der Waals surface area contributed by atoms with Crippen LogP contribution >= 0.6 is 0 Å². The number of aliphatic hydroxyl groups excluding tert-OH is 5. The summed E-state index contributed by atoms with van der Waals surface area (Å²) in [5, 5.41) is 50.0. The highest BCUT2D eigenvalue weighted by molar-refractivity contribution is 5.27. The third-order valence-corrected chi connectivity index (χ3v) is 5.89. The van der Waals surface area contributed by atoms with Crippen molar-refractivity contribution in [1.82, 2.24) is 0 Å². The molecule has 2 heterocycles. The van der Waals surface area contributed by atoms with E-state index in [2.05, 4.69) is 0 Å². The van der Waals surface area contributed by atoms with Gasteiger partial charge in [-0.05, 0) is 24.6 Å². The predicted octanol–water partition coefficient (Wildman–Crippen LogP) is -0.861. The molecule has 31 heavy (non-hydrogen) atoms. The van der Waals surface area contributed by atoms with E-state index in [4.69, 9.17) is 23.7 Å². The van der Waals surface area contributed by atoms with Crippen molar-refractivity contribution in [2.75, 3.05) is 13.7 Å². The van der Waals surface area contributed by atoms with Crippen molar-refractivity contribution in [3.05, 3.63) is 29.8 Å². The lowest BCUT2D eigenvalue weighted by Crippen LogP contribution is -2.59. The molecule has 2 fully saturated rings. The number of hydrogen-bond acceptors (Lipinski definition) is 10. The van der Waals surface area contributed by atoms with Gasteiger partial charge in [0, 0.05) is 13.0 Å². The van der Waals surface area contributed by atoms with E-state index < -0.39 is 61.2 Å². The predicted molar refractivity (Wildman–Crippen MR) is 106 cm³/mol. The fraction of sp³-hybridized carbons (Fsp3) is 0.714. The van der Waals surface area contributed by atoms with Gasteiger partial charge in [0.1, 0.15) is 30.2 Å². The third kappa shape index (κ3) is 5.36.